The lowest BCUT2D eigenvalue weighted by Crippen LogP contribution is -2.48. The van der Waals surface area contributed by atoms with E-state index in [-0.39, 0.29) is 37.3 Å². The maximum absolute atomic E-state index is 16.6. The molecule has 284 valence electrons. The molecule has 4 aliphatic heterocycles. The molecule has 0 bridgehead atoms. The van der Waals surface area contributed by atoms with Gasteiger partial charge in [-0.2, -0.15) is 5.10 Å². The van der Waals surface area contributed by atoms with Crippen molar-refractivity contribution in [2.45, 2.75) is 82.1 Å². The summed E-state index contributed by atoms with van der Waals surface area (Å²) in [7, 11) is -3.54. The first-order valence-electron chi connectivity index (χ1n) is 18.9. The number of anilines is 2. The van der Waals surface area contributed by atoms with Crippen LogP contribution in [0, 0.1) is 5.92 Å². The second-order valence-corrected chi connectivity index (χ2v) is 20.4. The van der Waals surface area contributed by atoms with Gasteiger partial charge in [-0.25, -0.2) is 5.01 Å². The number of ether oxygens (including phenoxy) is 1. The predicted molar refractivity (Wildman–Crippen MR) is 216 cm³/mol. The number of benzene rings is 4. The Hall–Kier alpha value is -4.49. The van der Waals surface area contributed by atoms with E-state index in [0.29, 0.717) is 42.7 Å². The zero-order chi connectivity index (χ0) is 38.6. The summed E-state index contributed by atoms with van der Waals surface area (Å²) in [6.45, 7) is 5.46. The van der Waals surface area contributed by atoms with Gasteiger partial charge < -0.3 is 23.8 Å². The molecule has 3 amide bonds. The lowest BCUT2D eigenvalue weighted by molar-refractivity contribution is -0.151. The second kappa shape index (κ2) is 14.5. The Morgan fingerprint density at radius 2 is 1.73 bits per heavy atom. The van der Waals surface area contributed by atoms with E-state index in [1.165, 1.54) is 5.01 Å². The number of carbonyl (C=O) groups is 3. The topological polar surface area (TPSA) is 103 Å². The number of carbonyl (C=O) groups excluding carboxylic acids is 3. The van der Waals surface area contributed by atoms with Crippen molar-refractivity contribution in [3.63, 3.8) is 0 Å². The van der Waals surface area contributed by atoms with Crippen molar-refractivity contribution in [2.75, 3.05) is 16.5 Å². The number of aliphatic hydroxyl groups is 1. The van der Waals surface area contributed by atoms with Crippen LogP contribution in [-0.2, 0) is 44.2 Å². The number of amides is 3. The van der Waals surface area contributed by atoms with Crippen LogP contribution in [0.5, 0.6) is 0 Å². The zero-order valence-electron chi connectivity index (χ0n) is 31.1. The smallest absolute Gasteiger partial charge is 0.264 e. The third-order valence-corrected chi connectivity index (χ3v) is 14.8. The van der Waals surface area contributed by atoms with Crippen molar-refractivity contribution in [3.8, 4) is 0 Å². The van der Waals surface area contributed by atoms with E-state index < -0.39 is 37.6 Å². The van der Waals surface area contributed by atoms with Gasteiger partial charge in [-0.05, 0) is 72.1 Å². The number of aliphatic hydroxyl groups excluding tert-OH is 1. The van der Waals surface area contributed by atoms with Crippen LogP contribution in [-0.4, -0.2) is 60.6 Å². The van der Waals surface area contributed by atoms with Crippen molar-refractivity contribution >= 4 is 59.1 Å². The van der Waals surface area contributed by atoms with Gasteiger partial charge in [0.15, 0.2) is 5.60 Å². The van der Waals surface area contributed by atoms with Gasteiger partial charge in [0.05, 0.1) is 48.8 Å². The van der Waals surface area contributed by atoms with Crippen molar-refractivity contribution < 1.29 is 28.3 Å². The van der Waals surface area contributed by atoms with Crippen LogP contribution in [0.25, 0.3) is 0 Å². The Morgan fingerprint density at radius 1 is 0.982 bits per heavy atom. The first kappa shape index (κ1) is 37.4. The summed E-state index contributed by atoms with van der Waals surface area (Å²) >= 11 is 3.61. The van der Waals surface area contributed by atoms with Gasteiger partial charge in [-0.1, -0.05) is 89.6 Å². The fourth-order valence-electron chi connectivity index (χ4n) is 9.27. The Morgan fingerprint density at radius 3 is 2.47 bits per heavy atom. The molecule has 4 aromatic carbocycles. The first-order chi connectivity index (χ1) is 26.4. The van der Waals surface area contributed by atoms with Gasteiger partial charge in [-0.3, -0.25) is 14.4 Å². The number of hydrogen-bond donors (Lipinski definition) is 1. The Bertz CT molecular complexity index is 2200. The molecule has 1 fully saturated rings. The quantitative estimate of drug-likeness (QED) is 0.146. The van der Waals surface area contributed by atoms with Crippen LogP contribution >= 0.6 is 15.9 Å². The number of hydrazone groups is 1. The van der Waals surface area contributed by atoms with Gasteiger partial charge in [0, 0.05) is 40.9 Å². The summed E-state index contributed by atoms with van der Waals surface area (Å²) < 4.78 is 24.3. The first-order valence-corrected chi connectivity index (χ1v) is 22.6. The standard InChI is InChI=1S/C43H44BrFN4O5Si/c1-27-41(55(2,3)45)38(23-40(52)47-25-31-14-8-7-13-30(31)21-34(47)26-50)54-43(27)35-22-32(44)16-18-37(35)48(42(43)53)24-28-10-9-15-33(20-28)49-39(51)19-17-36(46-49)29-11-5-4-6-12-29/h4-16,18,20,22,27,34,38,41,50H,17,19,21,23-26H2,1-3H3/t27-,34-,38+,41-,43+/m0/s1. The molecule has 5 atom stereocenters. The highest BCUT2D eigenvalue weighted by Crippen LogP contribution is 2.60. The lowest BCUT2D eigenvalue weighted by Gasteiger charge is -2.37. The SMILES string of the molecule is C[C@H]1[C@H]([Si](C)(C)F)[C@@H](CC(=O)N2Cc3ccccc3C[C@H]2CO)O[C@]12C(=O)N(Cc1cccc(N3N=C(c4ccccc4)CCC3=O)c1)c1ccc(Br)cc12. The fraction of sp³-hybridized carbons (Fsp3) is 0.349. The molecule has 1 spiro atoms. The summed E-state index contributed by atoms with van der Waals surface area (Å²) in [5.41, 5.74) is 4.39. The van der Waals surface area contributed by atoms with Gasteiger partial charge in [0.1, 0.15) is 0 Å². The molecule has 55 heavy (non-hydrogen) atoms. The van der Waals surface area contributed by atoms with Crippen molar-refractivity contribution in [1.29, 1.82) is 0 Å². The number of fused-ring (bicyclic) bond motifs is 3. The third-order valence-electron chi connectivity index (χ3n) is 11.8. The van der Waals surface area contributed by atoms with E-state index in [0.717, 1.165) is 32.4 Å². The molecule has 4 heterocycles. The van der Waals surface area contributed by atoms with Crippen LogP contribution in [0.1, 0.15) is 54.0 Å². The van der Waals surface area contributed by atoms with Gasteiger partial charge >= 0.3 is 0 Å². The molecule has 1 N–H and O–H groups in total. The molecule has 0 aromatic heterocycles. The average molecular weight is 824 g/mol. The summed E-state index contributed by atoms with van der Waals surface area (Å²) in [5, 5.41) is 16.5. The molecule has 4 aromatic rings. The second-order valence-electron chi connectivity index (χ2n) is 15.6. The average Bonchev–Trinajstić information content (AvgIpc) is 3.60. The summed E-state index contributed by atoms with van der Waals surface area (Å²) in [5.74, 6) is -1.23. The van der Waals surface area contributed by atoms with Gasteiger partial charge in [0.2, 0.25) is 20.2 Å². The molecule has 0 radical (unpaired) electrons. The van der Waals surface area contributed by atoms with E-state index in [1.807, 2.05) is 104 Å². The van der Waals surface area contributed by atoms with E-state index in [4.69, 9.17) is 9.84 Å². The van der Waals surface area contributed by atoms with Gasteiger partial charge in [0.25, 0.3) is 5.91 Å². The van der Waals surface area contributed by atoms with Crippen molar-refractivity contribution in [3.05, 3.63) is 129 Å². The third kappa shape index (κ3) is 6.66. The summed E-state index contributed by atoms with van der Waals surface area (Å²) in [6, 6.07) is 30.4. The highest BCUT2D eigenvalue weighted by atomic mass is 79.9. The van der Waals surface area contributed by atoms with Crippen LogP contribution in [0.2, 0.25) is 18.6 Å². The molecule has 12 heteroatoms. The molecule has 0 unspecified atom stereocenters. The molecular weight excluding hydrogens is 779 g/mol. The summed E-state index contributed by atoms with van der Waals surface area (Å²) in [4.78, 5) is 45.8. The highest BCUT2D eigenvalue weighted by Gasteiger charge is 2.67. The number of hydrogen-bond acceptors (Lipinski definition) is 6. The molecular formula is C43H44BrFN4O5Si. The normalized spacial score (nSPS) is 25.0. The monoisotopic (exact) mass is 822 g/mol. The van der Waals surface area contributed by atoms with Crippen LogP contribution in [0.3, 0.4) is 0 Å². The number of rotatable bonds is 8. The molecule has 4 aliphatic rings. The lowest BCUT2D eigenvalue weighted by atomic mass is 9.82. The minimum Gasteiger partial charge on any atom is -0.394 e. The van der Waals surface area contributed by atoms with Crippen LogP contribution in [0.15, 0.2) is 107 Å². The Kier molecular flexibility index (Phi) is 9.90. The molecule has 0 saturated carbocycles. The largest absolute Gasteiger partial charge is 0.394 e. The number of halogens is 2. The molecule has 1 saturated heterocycles. The maximum atomic E-state index is 16.6. The molecule has 0 aliphatic carbocycles. The predicted octanol–water partition coefficient (Wildman–Crippen LogP) is 7.64. The van der Waals surface area contributed by atoms with Crippen molar-refractivity contribution in [2.24, 2.45) is 11.0 Å². The van der Waals surface area contributed by atoms with Crippen LogP contribution < -0.4 is 9.91 Å². The fourth-order valence-corrected chi connectivity index (χ4v) is 12.1. The van der Waals surface area contributed by atoms with E-state index in [9.17, 15) is 14.7 Å². The van der Waals surface area contributed by atoms with E-state index in [2.05, 4.69) is 15.9 Å². The number of nitrogens with zero attached hydrogens (tertiary/aromatic N) is 4. The highest BCUT2D eigenvalue weighted by molar-refractivity contribution is 9.10. The molecule has 9 nitrogen and oxygen atoms in total. The molecule has 8 rings (SSSR count). The summed E-state index contributed by atoms with van der Waals surface area (Å²) in [6.07, 6.45) is 0.441. The minimum absolute atomic E-state index is 0.107. The van der Waals surface area contributed by atoms with E-state index in [1.54, 1.807) is 22.9 Å². The van der Waals surface area contributed by atoms with Crippen LogP contribution in [0.4, 0.5) is 15.5 Å². The van der Waals surface area contributed by atoms with Crippen molar-refractivity contribution in [1.82, 2.24) is 4.90 Å². The Labute approximate surface area is 330 Å². The minimum atomic E-state index is -3.54. The zero-order valence-corrected chi connectivity index (χ0v) is 33.7. The maximum Gasteiger partial charge on any atom is 0.264 e. The Balaban J connectivity index is 1.10. The van der Waals surface area contributed by atoms with Gasteiger partial charge in [-0.15, -0.1) is 0 Å². The van der Waals surface area contributed by atoms with E-state index >= 15 is 8.90 Å².